The Kier molecular flexibility index (Phi) is 3.65. The number of carbonyl (C=O) groups is 1. The Bertz CT molecular complexity index is 937. The van der Waals surface area contributed by atoms with Crippen molar-refractivity contribution in [3.63, 3.8) is 0 Å². The third-order valence-electron chi connectivity index (χ3n) is 3.23. The number of nitrogens with one attached hydrogen (secondary N) is 2. The quantitative estimate of drug-likeness (QED) is 0.759. The number of benzene rings is 2. The molecule has 0 bridgehead atoms. The summed E-state index contributed by atoms with van der Waals surface area (Å²) in [7, 11) is 0. The number of anilines is 1. The number of hydrogen-bond donors (Lipinski definition) is 2. The van der Waals surface area contributed by atoms with E-state index in [0.29, 0.717) is 15.9 Å². The van der Waals surface area contributed by atoms with Crippen LogP contribution in [0, 0.1) is 5.82 Å². The topological polar surface area (TPSA) is 62.0 Å². The Morgan fingerprint density at radius 1 is 1.14 bits per heavy atom. The summed E-state index contributed by atoms with van der Waals surface area (Å²) in [5.74, 6) is -1.26. The van der Waals surface area contributed by atoms with Crippen molar-refractivity contribution in [1.29, 1.82) is 0 Å². The highest BCUT2D eigenvalue weighted by Gasteiger charge is 2.15. The number of rotatable bonds is 2. The normalized spacial score (nSPS) is 10.6. The molecule has 0 unspecified atom stereocenters. The van der Waals surface area contributed by atoms with Crippen LogP contribution in [0.4, 0.5) is 10.1 Å². The van der Waals surface area contributed by atoms with E-state index in [1.165, 1.54) is 24.4 Å². The molecule has 4 nitrogen and oxygen atoms in total. The first-order valence-corrected chi connectivity index (χ1v) is 6.81. The fourth-order valence-electron chi connectivity index (χ4n) is 2.14. The molecule has 2 aromatic carbocycles. The first kappa shape index (κ1) is 14.3. The molecular formula is C16H10ClFN2O2. The van der Waals surface area contributed by atoms with Crippen LogP contribution in [0.25, 0.3) is 10.9 Å². The molecule has 0 aliphatic carbocycles. The highest BCUT2D eigenvalue weighted by atomic mass is 35.5. The van der Waals surface area contributed by atoms with Crippen LogP contribution in [-0.4, -0.2) is 10.9 Å². The lowest BCUT2D eigenvalue weighted by Gasteiger charge is -2.07. The summed E-state index contributed by atoms with van der Waals surface area (Å²) in [5, 5.41) is 3.06. The summed E-state index contributed by atoms with van der Waals surface area (Å²) >= 11 is 5.99. The maximum absolute atomic E-state index is 13.6. The molecule has 0 atom stereocenters. The highest BCUT2D eigenvalue weighted by Crippen LogP contribution is 2.19. The van der Waals surface area contributed by atoms with Crippen LogP contribution in [0.2, 0.25) is 5.02 Å². The number of aromatic amines is 1. The Hall–Kier alpha value is -2.66. The lowest BCUT2D eigenvalue weighted by Crippen LogP contribution is -2.22. The summed E-state index contributed by atoms with van der Waals surface area (Å²) in [6.07, 6.45) is 1.27. The molecule has 0 fully saturated rings. The van der Waals surface area contributed by atoms with Gasteiger partial charge in [-0.05, 0) is 24.3 Å². The molecule has 3 rings (SSSR count). The highest BCUT2D eigenvalue weighted by molar-refractivity contribution is 6.35. The molecule has 0 aliphatic rings. The van der Waals surface area contributed by atoms with Crippen LogP contribution in [0.5, 0.6) is 0 Å². The van der Waals surface area contributed by atoms with E-state index in [1.807, 2.05) is 0 Å². The molecule has 0 radical (unpaired) electrons. The Morgan fingerprint density at radius 3 is 2.68 bits per heavy atom. The van der Waals surface area contributed by atoms with Crippen LogP contribution >= 0.6 is 11.6 Å². The van der Waals surface area contributed by atoms with Crippen molar-refractivity contribution in [2.24, 2.45) is 0 Å². The van der Waals surface area contributed by atoms with Gasteiger partial charge in [-0.2, -0.15) is 0 Å². The SMILES string of the molecule is O=C(Nc1ccccc1F)c1c[nH]c2c(Cl)cccc2c1=O. The van der Waals surface area contributed by atoms with E-state index in [2.05, 4.69) is 10.3 Å². The van der Waals surface area contributed by atoms with Gasteiger partial charge in [-0.3, -0.25) is 9.59 Å². The zero-order valence-electron chi connectivity index (χ0n) is 11.2. The van der Waals surface area contributed by atoms with E-state index >= 15 is 0 Å². The molecule has 0 saturated heterocycles. The van der Waals surface area contributed by atoms with E-state index < -0.39 is 17.2 Å². The van der Waals surface area contributed by atoms with Gasteiger partial charge in [-0.15, -0.1) is 0 Å². The minimum Gasteiger partial charge on any atom is -0.359 e. The van der Waals surface area contributed by atoms with Gasteiger partial charge in [0, 0.05) is 11.6 Å². The number of halogens is 2. The second kappa shape index (κ2) is 5.61. The molecule has 110 valence electrons. The van der Waals surface area contributed by atoms with Crippen molar-refractivity contribution in [3.8, 4) is 0 Å². The molecule has 3 aromatic rings. The van der Waals surface area contributed by atoms with Crippen LogP contribution in [0.1, 0.15) is 10.4 Å². The fraction of sp³-hybridized carbons (Fsp3) is 0. The summed E-state index contributed by atoms with van der Waals surface area (Å²) < 4.78 is 13.6. The standard InChI is InChI=1S/C16H10ClFN2O2/c17-11-5-3-4-9-14(11)19-8-10(15(9)21)16(22)20-13-7-2-1-6-12(13)18/h1-8H,(H,19,21)(H,20,22). The monoisotopic (exact) mass is 316 g/mol. The predicted octanol–water partition coefficient (Wildman–Crippen LogP) is 3.57. The summed E-state index contributed by atoms with van der Waals surface area (Å²) in [6.45, 7) is 0. The van der Waals surface area contributed by atoms with Crippen LogP contribution in [0.15, 0.2) is 53.5 Å². The number of amides is 1. The minimum absolute atomic E-state index is 0.0121. The molecule has 0 spiro atoms. The second-order valence-corrected chi connectivity index (χ2v) is 5.04. The number of pyridine rings is 1. The van der Waals surface area contributed by atoms with Gasteiger partial charge in [0.05, 0.1) is 16.2 Å². The fourth-order valence-corrected chi connectivity index (χ4v) is 2.37. The van der Waals surface area contributed by atoms with Crippen LogP contribution < -0.4 is 10.7 Å². The molecule has 22 heavy (non-hydrogen) atoms. The second-order valence-electron chi connectivity index (χ2n) is 4.63. The summed E-state index contributed by atoms with van der Waals surface area (Å²) in [4.78, 5) is 27.4. The predicted molar refractivity (Wildman–Crippen MR) is 83.9 cm³/mol. The van der Waals surface area contributed by atoms with Gasteiger partial charge in [-0.25, -0.2) is 4.39 Å². The summed E-state index contributed by atoms with van der Waals surface area (Å²) in [6, 6.07) is 10.6. The number of para-hydroxylation sites is 2. The molecule has 0 aliphatic heterocycles. The third kappa shape index (κ3) is 2.46. The molecule has 1 aromatic heterocycles. The first-order valence-electron chi connectivity index (χ1n) is 6.43. The Morgan fingerprint density at radius 2 is 1.91 bits per heavy atom. The van der Waals surface area contributed by atoms with Gasteiger partial charge in [0.1, 0.15) is 11.4 Å². The van der Waals surface area contributed by atoms with E-state index in [1.54, 1.807) is 24.3 Å². The number of fused-ring (bicyclic) bond motifs is 1. The van der Waals surface area contributed by atoms with E-state index in [0.717, 1.165) is 0 Å². The molecule has 1 amide bonds. The average Bonchev–Trinajstić information content (AvgIpc) is 2.51. The number of carbonyl (C=O) groups excluding carboxylic acids is 1. The maximum Gasteiger partial charge on any atom is 0.261 e. The van der Waals surface area contributed by atoms with Crippen molar-refractivity contribution in [3.05, 3.63) is 75.3 Å². The summed E-state index contributed by atoms with van der Waals surface area (Å²) in [5.41, 5.74) is -0.113. The van der Waals surface area contributed by atoms with Crippen molar-refractivity contribution in [2.75, 3.05) is 5.32 Å². The number of H-pyrrole nitrogens is 1. The van der Waals surface area contributed by atoms with E-state index in [9.17, 15) is 14.0 Å². The molecule has 0 saturated carbocycles. The van der Waals surface area contributed by atoms with E-state index in [-0.39, 0.29) is 11.3 Å². The van der Waals surface area contributed by atoms with Gasteiger partial charge in [0.25, 0.3) is 5.91 Å². The van der Waals surface area contributed by atoms with Crippen molar-refractivity contribution < 1.29 is 9.18 Å². The number of aromatic nitrogens is 1. The number of hydrogen-bond acceptors (Lipinski definition) is 2. The van der Waals surface area contributed by atoms with Crippen molar-refractivity contribution in [2.45, 2.75) is 0 Å². The van der Waals surface area contributed by atoms with Gasteiger partial charge in [0.2, 0.25) is 5.43 Å². The van der Waals surface area contributed by atoms with Crippen molar-refractivity contribution >= 4 is 34.1 Å². The lowest BCUT2D eigenvalue weighted by molar-refractivity contribution is 0.102. The Balaban J connectivity index is 2.04. The molecule has 1 heterocycles. The van der Waals surface area contributed by atoms with Crippen LogP contribution in [0.3, 0.4) is 0 Å². The molecular weight excluding hydrogens is 307 g/mol. The van der Waals surface area contributed by atoms with E-state index in [4.69, 9.17) is 11.6 Å². The average molecular weight is 317 g/mol. The Labute approximate surface area is 129 Å². The minimum atomic E-state index is -0.687. The zero-order valence-corrected chi connectivity index (χ0v) is 11.9. The zero-order chi connectivity index (χ0) is 15.7. The van der Waals surface area contributed by atoms with Crippen molar-refractivity contribution in [1.82, 2.24) is 4.98 Å². The smallest absolute Gasteiger partial charge is 0.261 e. The third-order valence-corrected chi connectivity index (χ3v) is 3.55. The van der Waals surface area contributed by atoms with Crippen LogP contribution in [-0.2, 0) is 0 Å². The maximum atomic E-state index is 13.6. The lowest BCUT2D eigenvalue weighted by atomic mass is 10.1. The molecule has 2 N–H and O–H groups in total. The first-order chi connectivity index (χ1) is 10.6. The van der Waals surface area contributed by atoms with Gasteiger partial charge >= 0.3 is 0 Å². The largest absolute Gasteiger partial charge is 0.359 e. The van der Waals surface area contributed by atoms with Gasteiger partial charge < -0.3 is 10.3 Å². The molecule has 6 heteroatoms. The van der Waals surface area contributed by atoms with Gasteiger partial charge in [-0.1, -0.05) is 29.8 Å². The van der Waals surface area contributed by atoms with Gasteiger partial charge in [0.15, 0.2) is 0 Å².